The van der Waals surface area contributed by atoms with E-state index in [-0.39, 0.29) is 0 Å². The predicted molar refractivity (Wildman–Crippen MR) is 93.2 cm³/mol. The summed E-state index contributed by atoms with van der Waals surface area (Å²) in [5.41, 5.74) is 0.975. The molecule has 2 aromatic rings. The number of carbonyl (C=O) groups excluding carboxylic acids is 1. The number of hydrogen-bond acceptors (Lipinski definition) is 4. The van der Waals surface area contributed by atoms with Gasteiger partial charge in [0.1, 0.15) is 17.4 Å². The van der Waals surface area contributed by atoms with Gasteiger partial charge in [0.2, 0.25) is 0 Å². The fourth-order valence-electron chi connectivity index (χ4n) is 1.89. The summed E-state index contributed by atoms with van der Waals surface area (Å²) in [4.78, 5) is 11.7. The fourth-order valence-corrected chi connectivity index (χ4v) is 2.41. The molecule has 7 heteroatoms. The molecule has 0 atom stereocenters. The van der Waals surface area contributed by atoms with Crippen LogP contribution in [0.4, 0.5) is 5.69 Å². The summed E-state index contributed by atoms with van der Waals surface area (Å²) in [5, 5.41) is 4.36. The normalized spacial score (nSPS) is 10.3. The molecule has 0 unspecified atom stereocenters. The second-order valence-electron chi connectivity index (χ2n) is 4.51. The Morgan fingerprint density at radius 1 is 1.17 bits per heavy atom. The molecular formula is C16H14Cl3NO3. The lowest BCUT2D eigenvalue weighted by molar-refractivity contribution is 0.0602. The molecule has 0 aliphatic carbocycles. The summed E-state index contributed by atoms with van der Waals surface area (Å²) in [6.45, 7) is 0.789. The van der Waals surface area contributed by atoms with E-state index in [0.29, 0.717) is 45.2 Å². The van der Waals surface area contributed by atoms with Crippen molar-refractivity contribution in [3.05, 3.63) is 57.0 Å². The lowest BCUT2D eigenvalue weighted by atomic mass is 10.2. The first-order chi connectivity index (χ1) is 11.0. The van der Waals surface area contributed by atoms with Gasteiger partial charge in [-0.2, -0.15) is 0 Å². The molecule has 2 rings (SSSR count). The molecule has 0 amide bonds. The van der Waals surface area contributed by atoms with Crippen molar-refractivity contribution in [1.29, 1.82) is 0 Å². The van der Waals surface area contributed by atoms with E-state index in [4.69, 9.17) is 44.3 Å². The first-order valence-electron chi connectivity index (χ1n) is 6.71. The molecule has 0 saturated heterocycles. The van der Waals surface area contributed by atoms with Crippen LogP contribution >= 0.6 is 34.8 Å². The van der Waals surface area contributed by atoms with Crippen molar-refractivity contribution in [3.8, 4) is 5.75 Å². The van der Waals surface area contributed by atoms with E-state index in [1.165, 1.54) is 7.11 Å². The zero-order valence-corrected chi connectivity index (χ0v) is 14.5. The average Bonchev–Trinajstić information content (AvgIpc) is 2.55. The minimum absolute atomic E-state index is 0.337. The molecule has 0 bridgehead atoms. The average molecular weight is 375 g/mol. The Labute approximate surface area is 149 Å². The first kappa shape index (κ1) is 17.7. The standard InChI is InChI=1S/C16H14Cl3NO3/c1-22-16(21)11-9-10(17)5-6-13(11)20-7-8-23-14-4-2-3-12(18)15(14)19/h2-6,9,20H,7-8H2,1H3. The quantitative estimate of drug-likeness (QED) is 0.575. The first-order valence-corrected chi connectivity index (χ1v) is 7.85. The molecule has 0 fully saturated rings. The van der Waals surface area contributed by atoms with Gasteiger partial charge >= 0.3 is 5.97 Å². The highest BCUT2D eigenvalue weighted by molar-refractivity contribution is 6.42. The van der Waals surface area contributed by atoms with Crippen molar-refractivity contribution in [2.24, 2.45) is 0 Å². The van der Waals surface area contributed by atoms with Crippen LogP contribution in [0.2, 0.25) is 15.1 Å². The van der Waals surface area contributed by atoms with Crippen molar-refractivity contribution < 1.29 is 14.3 Å². The van der Waals surface area contributed by atoms with Crippen molar-refractivity contribution in [1.82, 2.24) is 0 Å². The smallest absolute Gasteiger partial charge is 0.340 e. The number of halogens is 3. The molecule has 0 aromatic heterocycles. The number of anilines is 1. The fraction of sp³-hybridized carbons (Fsp3) is 0.188. The molecule has 0 saturated carbocycles. The molecule has 2 aromatic carbocycles. The highest BCUT2D eigenvalue weighted by Crippen LogP contribution is 2.31. The SMILES string of the molecule is COC(=O)c1cc(Cl)ccc1NCCOc1cccc(Cl)c1Cl. The van der Waals surface area contributed by atoms with Gasteiger partial charge in [-0.25, -0.2) is 4.79 Å². The van der Waals surface area contributed by atoms with Crippen LogP contribution in [0.25, 0.3) is 0 Å². The van der Waals surface area contributed by atoms with Gasteiger partial charge in [0.05, 0.1) is 17.7 Å². The summed E-state index contributed by atoms with van der Waals surface area (Å²) >= 11 is 17.9. The third-order valence-corrected chi connectivity index (χ3v) is 4.01. The Morgan fingerprint density at radius 2 is 1.96 bits per heavy atom. The van der Waals surface area contributed by atoms with Gasteiger partial charge in [0.25, 0.3) is 0 Å². The maximum atomic E-state index is 11.7. The summed E-state index contributed by atoms with van der Waals surface area (Å²) in [5.74, 6) is 0.0408. The van der Waals surface area contributed by atoms with E-state index in [0.717, 1.165) is 0 Å². The van der Waals surface area contributed by atoms with Crippen LogP contribution in [0.1, 0.15) is 10.4 Å². The monoisotopic (exact) mass is 373 g/mol. The molecule has 1 N–H and O–H groups in total. The molecule has 122 valence electrons. The van der Waals surface area contributed by atoms with E-state index >= 15 is 0 Å². The molecule has 0 radical (unpaired) electrons. The number of hydrogen-bond donors (Lipinski definition) is 1. The minimum atomic E-state index is -0.464. The zero-order chi connectivity index (χ0) is 16.8. The molecule has 0 aliphatic heterocycles. The van der Waals surface area contributed by atoms with E-state index in [9.17, 15) is 4.79 Å². The second-order valence-corrected chi connectivity index (χ2v) is 5.73. The van der Waals surface area contributed by atoms with Crippen LogP contribution in [0.3, 0.4) is 0 Å². The number of carbonyl (C=O) groups is 1. The summed E-state index contributed by atoms with van der Waals surface area (Å²) in [6, 6.07) is 10.1. The van der Waals surface area contributed by atoms with Gasteiger partial charge in [-0.3, -0.25) is 0 Å². The van der Waals surface area contributed by atoms with Crippen molar-refractivity contribution in [3.63, 3.8) is 0 Å². The van der Waals surface area contributed by atoms with Gasteiger partial charge < -0.3 is 14.8 Å². The summed E-state index contributed by atoms with van der Waals surface area (Å²) in [6.07, 6.45) is 0. The number of nitrogens with one attached hydrogen (secondary N) is 1. The lowest BCUT2D eigenvalue weighted by Gasteiger charge is -2.13. The number of rotatable bonds is 6. The lowest BCUT2D eigenvalue weighted by Crippen LogP contribution is -2.14. The largest absolute Gasteiger partial charge is 0.490 e. The third-order valence-electron chi connectivity index (χ3n) is 2.98. The highest BCUT2D eigenvalue weighted by atomic mass is 35.5. The Balaban J connectivity index is 1.96. The number of methoxy groups -OCH3 is 1. The summed E-state index contributed by atoms with van der Waals surface area (Å²) in [7, 11) is 1.32. The van der Waals surface area contributed by atoms with Crippen LogP contribution in [0, 0.1) is 0 Å². The number of ether oxygens (including phenoxy) is 2. The van der Waals surface area contributed by atoms with Gasteiger partial charge in [-0.05, 0) is 30.3 Å². The van der Waals surface area contributed by atoms with E-state index < -0.39 is 5.97 Å². The predicted octanol–water partition coefficient (Wildman–Crippen LogP) is 4.92. The number of esters is 1. The van der Waals surface area contributed by atoms with Crippen LogP contribution in [-0.2, 0) is 4.74 Å². The Kier molecular flexibility index (Phi) is 6.39. The van der Waals surface area contributed by atoms with Gasteiger partial charge in [-0.1, -0.05) is 40.9 Å². The van der Waals surface area contributed by atoms with Crippen molar-refractivity contribution in [2.45, 2.75) is 0 Å². The summed E-state index contributed by atoms with van der Waals surface area (Å²) < 4.78 is 10.3. The Hall–Kier alpha value is -1.62. The second kappa shape index (κ2) is 8.29. The van der Waals surface area contributed by atoms with Crippen LogP contribution < -0.4 is 10.1 Å². The third kappa shape index (κ3) is 4.67. The Morgan fingerprint density at radius 3 is 2.70 bits per heavy atom. The molecule has 0 heterocycles. The van der Waals surface area contributed by atoms with E-state index in [1.807, 2.05) is 0 Å². The Bertz CT molecular complexity index is 707. The van der Waals surface area contributed by atoms with Crippen LogP contribution in [0.5, 0.6) is 5.75 Å². The van der Waals surface area contributed by atoms with E-state index in [2.05, 4.69) is 5.32 Å². The molecule has 23 heavy (non-hydrogen) atoms. The van der Waals surface area contributed by atoms with Crippen LogP contribution in [0.15, 0.2) is 36.4 Å². The maximum absolute atomic E-state index is 11.7. The van der Waals surface area contributed by atoms with Gasteiger partial charge in [0, 0.05) is 17.3 Å². The zero-order valence-electron chi connectivity index (χ0n) is 12.2. The molecule has 0 spiro atoms. The van der Waals surface area contributed by atoms with Crippen molar-refractivity contribution in [2.75, 3.05) is 25.6 Å². The van der Waals surface area contributed by atoms with Gasteiger partial charge in [-0.15, -0.1) is 0 Å². The maximum Gasteiger partial charge on any atom is 0.340 e. The van der Waals surface area contributed by atoms with Crippen LogP contribution in [-0.4, -0.2) is 26.2 Å². The minimum Gasteiger partial charge on any atom is -0.490 e. The van der Waals surface area contributed by atoms with Crippen molar-refractivity contribution >= 4 is 46.5 Å². The highest BCUT2D eigenvalue weighted by Gasteiger charge is 2.12. The molecular weight excluding hydrogens is 361 g/mol. The number of benzene rings is 2. The van der Waals surface area contributed by atoms with E-state index in [1.54, 1.807) is 36.4 Å². The molecule has 0 aliphatic rings. The molecule has 4 nitrogen and oxygen atoms in total. The topological polar surface area (TPSA) is 47.6 Å². The van der Waals surface area contributed by atoms with Gasteiger partial charge in [0.15, 0.2) is 0 Å².